The Balaban J connectivity index is 2.53. The average molecular weight is 252 g/mol. The van der Waals surface area contributed by atoms with E-state index in [4.69, 9.17) is 0 Å². The summed E-state index contributed by atoms with van der Waals surface area (Å²) in [5, 5.41) is 21.5. The van der Waals surface area contributed by atoms with Gasteiger partial charge in [-0.1, -0.05) is 26.7 Å². The van der Waals surface area contributed by atoms with E-state index in [1.54, 1.807) is 6.92 Å². The summed E-state index contributed by atoms with van der Waals surface area (Å²) in [5.41, 5.74) is -0.958. The van der Waals surface area contributed by atoms with Crippen LogP contribution in [0, 0.1) is 22.2 Å². The summed E-state index contributed by atoms with van der Waals surface area (Å²) in [6.45, 7) is 6.26. The molecule has 0 aromatic rings. The Morgan fingerprint density at radius 1 is 1.50 bits per heavy atom. The molecule has 2 N–H and O–H groups in total. The molecule has 0 aromatic heterocycles. The first-order valence-electron chi connectivity index (χ1n) is 6.69. The van der Waals surface area contributed by atoms with E-state index >= 15 is 0 Å². The third kappa shape index (κ3) is 3.71. The van der Waals surface area contributed by atoms with E-state index in [2.05, 4.69) is 11.4 Å². The van der Waals surface area contributed by atoms with Crippen molar-refractivity contribution in [2.75, 3.05) is 6.54 Å². The number of carbonyl (C=O) groups excluding carboxylic acids is 1. The van der Waals surface area contributed by atoms with Crippen LogP contribution < -0.4 is 5.32 Å². The summed E-state index contributed by atoms with van der Waals surface area (Å²) in [4.78, 5) is 12.1. The third-order valence-corrected chi connectivity index (χ3v) is 3.68. The number of nitrogens with zero attached hydrogens (tertiary/aromatic N) is 1. The van der Waals surface area contributed by atoms with Crippen molar-refractivity contribution in [2.24, 2.45) is 10.8 Å². The van der Waals surface area contributed by atoms with E-state index < -0.39 is 5.41 Å². The van der Waals surface area contributed by atoms with Gasteiger partial charge >= 0.3 is 0 Å². The smallest absolute Gasteiger partial charge is 0.240 e. The Morgan fingerprint density at radius 2 is 2.06 bits per heavy atom. The minimum absolute atomic E-state index is 0.138. The fraction of sp³-hybridized carbons (Fsp3) is 0.857. The molecule has 0 aromatic carbocycles. The van der Waals surface area contributed by atoms with Gasteiger partial charge in [0, 0.05) is 6.54 Å². The highest BCUT2D eigenvalue weighted by atomic mass is 16.3. The van der Waals surface area contributed by atoms with Crippen LogP contribution in [0.1, 0.15) is 52.9 Å². The maximum Gasteiger partial charge on any atom is 0.240 e. The fourth-order valence-corrected chi connectivity index (χ4v) is 2.73. The van der Waals surface area contributed by atoms with Gasteiger partial charge in [0.2, 0.25) is 5.91 Å². The van der Waals surface area contributed by atoms with Crippen LogP contribution in [-0.4, -0.2) is 23.7 Å². The second kappa shape index (κ2) is 5.71. The van der Waals surface area contributed by atoms with Gasteiger partial charge in [-0.25, -0.2) is 0 Å². The molecule has 1 aliphatic rings. The molecule has 102 valence electrons. The monoisotopic (exact) mass is 252 g/mol. The number of aliphatic hydroxyl groups excluding tert-OH is 1. The molecule has 0 saturated heterocycles. The minimum atomic E-state index is -0.805. The predicted molar refractivity (Wildman–Crippen MR) is 69.6 cm³/mol. The van der Waals surface area contributed by atoms with Crippen LogP contribution in [-0.2, 0) is 4.79 Å². The van der Waals surface area contributed by atoms with E-state index in [0.29, 0.717) is 25.8 Å². The predicted octanol–water partition coefficient (Wildman–Crippen LogP) is 1.98. The van der Waals surface area contributed by atoms with E-state index in [0.717, 1.165) is 12.8 Å². The van der Waals surface area contributed by atoms with Gasteiger partial charge in [0.25, 0.3) is 0 Å². The van der Waals surface area contributed by atoms with Crippen LogP contribution in [0.2, 0.25) is 0 Å². The second-order valence-corrected chi connectivity index (χ2v) is 6.30. The summed E-state index contributed by atoms with van der Waals surface area (Å²) in [7, 11) is 0. The van der Waals surface area contributed by atoms with Gasteiger partial charge in [0.15, 0.2) is 0 Å². The Hall–Kier alpha value is -1.08. The molecule has 0 radical (unpaired) electrons. The zero-order valence-corrected chi connectivity index (χ0v) is 11.6. The second-order valence-electron chi connectivity index (χ2n) is 6.30. The lowest BCUT2D eigenvalue weighted by Gasteiger charge is -2.28. The van der Waals surface area contributed by atoms with E-state index in [9.17, 15) is 15.2 Å². The van der Waals surface area contributed by atoms with E-state index in [1.807, 2.05) is 13.8 Å². The molecule has 0 aliphatic heterocycles. The molecule has 1 rings (SSSR count). The molecule has 1 amide bonds. The lowest BCUT2D eigenvalue weighted by molar-refractivity contribution is -0.128. The number of rotatable bonds is 5. The van der Waals surface area contributed by atoms with Crippen molar-refractivity contribution in [1.29, 1.82) is 5.26 Å². The van der Waals surface area contributed by atoms with Crippen LogP contribution in [0.3, 0.4) is 0 Å². The highest BCUT2D eigenvalue weighted by Gasteiger charge is 2.41. The number of nitrogens with one attached hydrogen (secondary N) is 1. The number of carbonyl (C=O) groups is 1. The number of hydrogen-bond donors (Lipinski definition) is 2. The number of amides is 1. The van der Waals surface area contributed by atoms with Crippen LogP contribution >= 0.6 is 0 Å². The molecule has 1 fully saturated rings. The third-order valence-electron chi connectivity index (χ3n) is 3.68. The van der Waals surface area contributed by atoms with Crippen molar-refractivity contribution < 1.29 is 9.90 Å². The van der Waals surface area contributed by atoms with Gasteiger partial charge in [-0.2, -0.15) is 5.26 Å². The standard InChI is InChI=1S/C14H24N2O2/c1-11(17)8-13(2,3)10-16-12(18)14(9-15)6-4-5-7-14/h11,17H,4-8,10H2,1-3H3,(H,16,18). The number of nitriles is 1. The Kier molecular flexibility index (Phi) is 4.75. The van der Waals surface area contributed by atoms with Gasteiger partial charge in [0.1, 0.15) is 5.41 Å². The lowest BCUT2D eigenvalue weighted by atomic mass is 9.84. The molecule has 1 atom stereocenters. The zero-order valence-electron chi connectivity index (χ0n) is 11.6. The van der Waals surface area contributed by atoms with Crippen LogP contribution in [0.4, 0.5) is 0 Å². The summed E-state index contributed by atoms with van der Waals surface area (Å²) >= 11 is 0. The Morgan fingerprint density at radius 3 is 2.50 bits per heavy atom. The normalized spacial score (nSPS) is 20.2. The van der Waals surface area contributed by atoms with Crippen molar-refractivity contribution in [2.45, 2.75) is 59.0 Å². The van der Waals surface area contributed by atoms with Gasteiger partial charge in [-0.05, 0) is 31.6 Å². The summed E-state index contributed by atoms with van der Waals surface area (Å²) in [6, 6.07) is 2.19. The van der Waals surface area contributed by atoms with Gasteiger partial charge in [-0.3, -0.25) is 4.79 Å². The highest BCUT2D eigenvalue weighted by molar-refractivity contribution is 5.85. The minimum Gasteiger partial charge on any atom is -0.393 e. The van der Waals surface area contributed by atoms with E-state index in [1.165, 1.54) is 0 Å². The Labute approximate surface area is 109 Å². The van der Waals surface area contributed by atoms with Gasteiger partial charge < -0.3 is 10.4 Å². The van der Waals surface area contributed by atoms with Gasteiger partial charge in [-0.15, -0.1) is 0 Å². The summed E-state index contributed by atoms with van der Waals surface area (Å²) in [5.74, 6) is -0.138. The molecule has 0 spiro atoms. The number of hydrogen-bond acceptors (Lipinski definition) is 3. The lowest BCUT2D eigenvalue weighted by Crippen LogP contribution is -2.43. The maximum absolute atomic E-state index is 12.1. The molecule has 1 unspecified atom stereocenters. The molecular weight excluding hydrogens is 228 g/mol. The van der Waals surface area contributed by atoms with Gasteiger partial charge in [0.05, 0.1) is 12.2 Å². The van der Waals surface area contributed by atoms with E-state index in [-0.39, 0.29) is 17.4 Å². The molecule has 0 heterocycles. The van der Waals surface area contributed by atoms with Crippen LogP contribution in [0.15, 0.2) is 0 Å². The topological polar surface area (TPSA) is 73.1 Å². The molecule has 18 heavy (non-hydrogen) atoms. The average Bonchev–Trinajstić information content (AvgIpc) is 2.74. The fourth-order valence-electron chi connectivity index (χ4n) is 2.73. The largest absolute Gasteiger partial charge is 0.393 e. The Bertz CT molecular complexity index is 336. The first-order chi connectivity index (χ1) is 8.31. The zero-order chi connectivity index (χ0) is 13.8. The molecule has 1 aliphatic carbocycles. The molecule has 4 heteroatoms. The van der Waals surface area contributed by atoms with Crippen molar-refractivity contribution >= 4 is 5.91 Å². The maximum atomic E-state index is 12.1. The SMILES string of the molecule is CC(O)CC(C)(C)CNC(=O)C1(C#N)CCCC1. The first kappa shape index (κ1) is 15.0. The molecule has 0 bridgehead atoms. The van der Waals surface area contributed by atoms with Crippen molar-refractivity contribution in [3.63, 3.8) is 0 Å². The van der Waals surface area contributed by atoms with Crippen molar-refractivity contribution in [3.05, 3.63) is 0 Å². The van der Waals surface area contributed by atoms with Crippen molar-refractivity contribution in [1.82, 2.24) is 5.32 Å². The van der Waals surface area contributed by atoms with Crippen molar-refractivity contribution in [3.8, 4) is 6.07 Å². The summed E-state index contributed by atoms with van der Waals surface area (Å²) < 4.78 is 0. The summed E-state index contributed by atoms with van der Waals surface area (Å²) in [6.07, 6.45) is 3.51. The highest BCUT2D eigenvalue weighted by Crippen LogP contribution is 2.37. The molecular formula is C14H24N2O2. The van der Waals surface area contributed by atoms with Crippen LogP contribution in [0.25, 0.3) is 0 Å². The molecule has 4 nitrogen and oxygen atoms in total. The quantitative estimate of drug-likeness (QED) is 0.785. The number of aliphatic hydroxyl groups is 1. The molecule has 1 saturated carbocycles. The van der Waals surface area contributed by atoms with Crippen LogP contribution in [0.5, 0.6) is 0 Å². The first-order valence-corrected chi connectivity index (χ1v) is 6.69.